The lowest BCUT2D eigenvalue weighted by Crippen LogP contribution is -2.34. The molecular formula is C15H23NO2. The van der Waals surface area contributed by atoms with E-state index in [4.69, 9.17) is 4.74 Å². The fourth-order valence-electron chi connectivity index (χ4n) is 1.54. The average molecular weight is 249 g/mol. The highest BCUT2D eigenvalue weighted by molar-refractivity contribution is 5.79. The van der Waals surface area contributed by atoms with E-state index in [1.165, 1.54) is 5.56 Å². The van der Waals surface area contributed by atoms with Crippen LogP contribution in [0, 0.1) is 0 Å². The van der Waals surface area contributed by atoms with Crippen molar-refractivity contribution >= 4 is 11.7 Å². The van der Waals surface area contributed by atoms with Gasteiger partial charge in [0.15, 0.2) is 0 Å². The molecule has 0 amide bonds. The van der Waals surface area contributed by atoms with Gasteiger partial charge in [0.1, 0.15) is 11.6 Å². The number of hydrogen-bond donors (Lipinski definition) is 1. The van der Waals surface area contributed by atoms with Crippen LogP contribution in [0.5, 0.6) is 0 Å². The van der Waals surface area contributed by atoms with Crippen LogP contribution in [0.25, 0.3) is 0 Å². The number of carbonyl (C=O) groups excluding carboxylic acids is 1. The molecule has 100 valence electrons. The molecule has 18 heavy (non-hydrogen) atoms. The average Bonchev–Trinajstić information content (AvgIpc) is 2.27. The van der Waals surface area contributed by atoms with Gasteiger partial charge in [-0.1, -0.05) is 19.1 Å². The second kappa shape index (κ2) is 5.89. The summed E-state index contributed by atoms with van der Waals surface area (Å²) < 4.78 is 5.32. The molecule has 0 spiro atoms. The summed E-state index contributed by atoms with van der Waals surface area (Å²) in [5.74, 6) is -0.234. The van der Waals surface area contributed by atoms with Crippen molar-refractivity contribution in [2.24, 2.45) is 0 Å². The van der Waals surface area contributed by atoms with Crippen molar-refractivity contribution in [1.82, 2.24) is 0 Å². The highest BCUT2D eigenvalue weighted by Gasteiger charge is 2.21. The van der Waals surface area contributed by atoms with Crippen LogP contribution >= 0.6 is 0 Å². The van der Waals surface area contributed by atoms with Gasteiger partial charge in [0.05, 0.1) is 0 Å². The number of anilines is 1. The molecule has 1 N–H and O–H groups in total. The summed E-state index contributed by atoms with van der Waals surface area (Å²) in [7, 11) is 0. The molecule has 0 saturated heterocycles. The van der Waals surface area contributed by atoms with Crippen molar-refractivity contribution in [2.45, 2.75) is 52.7 Å². The Bertz CT molecular complexity index is 390. The molecule has 3 nitrogen and oxygen atoms in total. The van der Waals surface area contributed by atoms with Gasteiger partial charge in [0.2, 0.25) is 0 Å². The van der Waals surface area contributed by atoms with E-state index in [0.29, 0.717) is 0 Å². The van der Waals surface area contributed by atoms with Gasteiger partial charge in [0.25, 0.3) is 0 Å². The Balaban J connectivity index is 2.58. The van der Waals surface area contributed by atoms with E-state index >= 15 is 0 Å². The van der Waals surface area contributed by atoms with Crippen LogP contribution in [0.3, 0.4) is 0 Å². The highest BCUT2D eigenvalue weighted by atomic mass is 16.6. The van der Waals surface area contributed by atoms with Crippen molar-refractivity contribution in [3.8, 4) is 0 Å². The first-order valence-electron chi connectivity index (χ1n) is 6.40. The van der Waals surface area contributed by atoms with Crippen LogP contribution in [0.1, 0.15) is 40.2 Å². The third-order valence-corrected chi connectivity index (χ3v) is 2.51. The van der Waals surface area contributed by atoms with Gasteiger partial charge in [-0.15, -0.1) is 0 Å². The van der Waals surface area contributed by atoms with E-state index < -0.39 is 5.60 Å². The first-order chi connectivity index (χ1) is 8.31. The largest absolute Gasteiger partial charge is 0.458 e. The molecule has 0 bridgehead atoms. The Hall–Kier alpha value is -1.51. The Labute approximate surface area is 110 Å². The van der Waals surface area contributed by atoms with Gasteiger partial charge in [-0.05, 0) is 51.8 Å². The van der Waals surface area contributed by atoms with E-state index in [1.807, 2.05) is 39.8 Å². The van der Waals surface area contributed by atoms with Crippen molar-refractivity contribution in [3.05, 3.63) is 29.8 Å². The molecule has 0 radical (unpaired) electrons. The summed E-state index contributed by atoms with van der Waals surface area (Å²) in [5, 5.41) is 3.14. The molecule has 0 fully saturated rings. The minimum atomic E-state index is -0.445. The molecule has 3 heteroatoms. The summed E-state index contributed by atoms with van der Waals surface area (Å²) >= 11 is 0. The predicted molar refractivity (Wildman–Crippen MR) is 74.7 cm³/mol. The number of hydrogen-bond acceptors (Lipinski definition) is 3. The van der Waals surface area contributed by atoms with Crippen LogP contribution < -0.4 is 5.32 Å². The summed E-state index contributed by atoms with van der Waals surface area (Å²) in [6.07, 6.45) is 1.02. The number of ether oxygens (including phenoxy) is 1. The van der Waals surface area contributed by atoms with Crippen LogP contribution in [-0.2, 0) is 16.0 Å². The maximum Gasteiger partial charge on any atom is 0.328 e. The van der Waals surface area contributed by atoms with E-state index in [0.717, 1.165) is 12.1 Å². The smallest absolute Gasteiger partial charge is 0.328 e. The second-order valence-corrected chi connectivity index (χ2v) is 5.45. The van der Waals surface area contributed by atoms with Crippen LogP contribution in [0.2, 0.25) is 0 Å². The Morgan fingerprint density at radius 1 is 1.28 bits per heavy atom. The normalized spacial score (nSPS) is 12.9. The number of rotatable bonds is 4. The molecule has 0 aliphatic rings. The fraction of sp³-hybridized carbons (Fsp3) is 0.533. The molecule has 1 unspecified atom stereocenters. The third kappa shape index (κ3) is 4.78. The van der Waals surface area contributed by atoms with E-state index in [-0.39, 0.29) is 12.0 Å². The van der Waals surface area contributed by atoms with E-state index in [2.05, 4.69) is 24.4 Å². The fourth-order valence-corrected chi connectivity index (χ4v) is 1.54. The van der Waals surface area contributed by atoms with Crippen molar-refractivity contribution in [3.63, 3.8) is 0 Å². The van der Waals surface area contributed by atoms with Crippen LogP contribution in [0.15, 0.2) is 24.3 Å². The number of esters is 1. The zero-order valence-electron chi connectivity index (χ0n) is 11.9. The van der Waals surface area contributed by atoms with Crippen molar-refractivity contribution in [1.29, 1.82) is 0 Å². The lowest BCUT2D eigenvalue weighted by atomic mass is 10.1. The van der Waals surface area contributed by atoms with Crippen LogP contribution in [-0.4, -0.2) is 17.6 Å². The first kappa shape index (κ1) is 14.6. The number of benzene rings is 1. The zero-order valence-corrected chi connectivity index (χ0v) is 11.9. The molecule has 1 atom stereocenters. The topological polar surface area (TPSA) is 38.3 Å². The van der Waals surface area contributed by atoms with Gasteiger partial charge < -0.3 is 10.1 Å². The maximum atomic E-state index is 11.8. The molecular weight excluding hydrogens is 226 g/mol. The summed E-state index contributed by atoms with van der Waals surface area (Å²) in [5.41, 5.74) is 1.77. The molecule has 1 aromatic carbocycles. The van der Waals surface area contributed by atoms with E-state index in [9.17, 15) is 4.79 Å². The van der Waals surface area contributed by atoms with Gasteiger partial charge in [-0.25, -0.2) is 4.79 Å². The Kier molecular flexibility index (Phi) is 4.76. The van der Waals surface area contributed by atoms with Crippen molar-refractivity contribution in [2.75, 3.05) is 5.32 Å². The number of aryl methyl sites for hydroxylation is 1. The van der Waals surface area contributed by atoms with Crippen LogP contribution in [0.4, 0.5) is 5.69 Å². The zero-order chi connectivity index (χ0) is 13.8. The van der Waals surface area contributed by atoms with Gasteiger partial charge in [-0.2, -0.15) is 0 Å². The molecule has 0 saturated carbocycles. The first-order valence-corrected chi connectivity index (χ1v) is 6.40. The van der Waals surface area contributed by atoms with Gasteiger partial charge in [-0.3, -0.25) is 0 Å². The third-order valence-electron chi connectivity index (χ3n) is 2.51. The summed E-state index contributed by atoms with van der Waals surface area (Å²) in [4.78, 5) is 11.8. The molecule has 1 aromatic rings. The SMILES string of the molecule is CCc1ccc(NC(C)C(=O)OC(C)(C)C)cc1. The number of carbonyl (C=O) groups is 1. The highest BCUT2D eigenvalue weighted by Crippen LogP contribution is 2.13. The second-order valence-electron chi connectivity index (χ2n) is 5.45. The van der Waals surface area contributed by atoms with E-state index in [1.54, 1.807) is 0 Å². The van der Waals surface area contributed by atoms with Gasteiger partial charge >= 0.3 is 5.97 Å². The Morgan fingerprint density at radius 2 is 1.83 bits per heavy atom. The lowest BCUT2D eigenvalue weighted by molar-refractivity contribution is -0.155. The van der Waals surface area contributed by atoms with Gasteiger partial charge in [0, 0.05) is 5.69 Å². The quantitative estimate of drug-likeness (QED) is 0.831. The number of nitrogens with one attached hydrogen (secondary N) is 1. The summed E-state index contributed by atoms with van der Waals surface area (Å²) in [6.45, 7) is 9.53. The molecule has 0 aromatic heterocycles. The molecule has 0 aliphatic heterocycles. The monoisotopic (exact) mass is 249 g/mol. The molecule has 0 aliphatic carbocycles. The molecule has 1 rings (SSSR count). The molecule has 0 heterocycles. The van der Waals surface area contributed by atoms with Crippen molar-refractivity contribution < 1.29 is 9.53 Å². The Morgan fingerprint density at radius 3 is 2.28 bits per heavy atom. The summed E-state index contributed by atoms with van der Waals surface area (Å²) in [6, 6.07) is 7.74. The lowest BCUT2D eigenvalue weighted by Gasteiger charge is -2.23. The predicted octanol–water partition coefficient (Wildman–Crippen LogP) is 3.39. The minimum absolute atomic E-state index is 0.234. The maximum absolute atomic E-state index is 11.8. The standard InChI is InChI=1S/C15H23NO2/c1-6-12-7-9-13(10-8-12)16-11(2)14(17)18-15(3,4)5/h7-11,16H,6H2,1-5H3. The minimum Gasteiger partial charge on any atom is -0.458 e.